The van der Waals surface area contributed by atoms with Gasteiger partial charge in [0.15, 0.2) is 17.3 Å². The third-order valence-corrected chi connectivity index (χ3v) is 5.11. The second-order valence-electron chi connectivity index (χ2n) is 6.70. The van der Waals surface area contributed by atoms with Crippen LogP contribution in [0.25, 0.3) is 22.6 Å². The third-order valence-electron chi connectivity index (χ3n) is 5.11. The van der Waals surface area contributed by atoms with E-state index in [-0.39, 0.29) is 23.6 Å². The summed E-state index contributed by atoms with van der Waals surface area (Å²) >= 11 is 0. The second-order valence-corrected chi connectivity index (χ2v) is 6.70. The van der Waals surface area contributed by atoms with Crippen LogP contribution in [-0.2, 0) is 11.3 Å². The molecule has 1 saturated heterocycles. The van der Waals surface area contributed by atoms with Crippen LogP contribution in [0.4, 0.5) is 5.82 Å². The van der Waals surface area contributed by atoms with E-state index in [1.807, 2.05) is 11.5 Å². The van der Waals surface area contributed by atoms with E-state index in [0.29, 0.717) is 60.6 Å². The molecular formula is C17H20N8O3. The summed E-state index contributed by atoms with van der Waals surface area (Å²) in [7, 11) is 0. The lowest BCUT2D eigenvalue weighted by Gasteiger charge is -2.30. The number of rotatable bonds is 4. The molecule has 3 aromatic heterocycles. The molecule has 4 rings (SSSR count). The highest BCUT2D eigenvalue weighted by Crippen LogP contribution is 2.29. The number of aryl methyl sites for hydroxylation is 1. The lowest BCUT2D eigenvalue weighted by atomic mass is 9.96. The van der Waals surface area contributed by atoms with E-state index in [1.54, 1.807) is 11.1 Å². The number of piperidine rings is 1. The first kappa shape index (κ1) is 17.9. The maximum Gasteiger partial charge on any atom is 0.257 e. The van der Waals surface area contributed by atoms with Crippen molar-refractivity contribution in [1.82, 2.24) is 29.7 Å². The summed E-state index contributed by atoms with van der Waals surface area (Å²) in [6.07, 6.45) is 4.24. The van der Waals surface area contributed by atoms with Gasteiger partial charge in [-0.25, -0.2) is 9.61 Å². The van der Waals surface area contributed by atoms with Gasteiger partial charge in [-0.3, -0.25) is 14.6 Å². The molecule has 11 nitrogen and oxygen atoms in total. The Morgan fingerprint density at radius 3 is 2.61 bits per heavy atom. The maximum atomic E-state index is 13.2. The van der Waals surface area contributed by atoms with Gasteiger partial charge in [0, 0.05) is 31.7 Å². The highest BCUT2D eigenvalue weighted by Gasteiger charge is 2.29. The Bertz CT molecular complexity index is 1050. The number of anilines is 1. The van der Waals surface area contributed by atoms with Crippen LogP contribution in [0.15, 0.2) is 17.0 Å². The first-order valence-corrected chi connectivity index (χ1v) is 9.02. The zero-order chi connectivity index (χ0) is 19.8. The van der Waals surface area contributed by atoms with Crippen molar-refractivity contribution < 1.29 is 14.2 Å². The van der Waals surface area contributed by atoms with Crippen LogP contribution in [0.1, 0.15) is 30.1 Å². The molecule has 0 unspecified atom stereocenters. The van der Waals surface area contributed by atoms with Crippen molar-refractivity contribution in [1.29, 1.82) is 0 Å². The summed E-state index contributed by atoms with van der Waals surface area (Å²) in [5.41, 5.74) is 13.2. The van der Waals surface area contributed by atoms with Crippen LogP contribution in [0, 0.1) is 5.92 Å². The van der Waals surface area contributed by atoms with Crippen LogP contribution >= 0.6 is 0 Å². The average Bonchev–Trinajstić information content (AvgIpc) is 3.29. The number of carbonyl (C=O) groups excluding carboxylic acids is 2. The number of hydrogen-bond acceptors (Lipinski definition) is 8. The summed E-state index contributed by atoms with van der Waals surface area (Å²) in [6.45, 7) is 3.40. The van der Waals surface area contributed by atoms with Crippen molar-refractivity contribution in [3.05, 3.63) is 18.0 Å². The van der Waals surface area contributed by atoms with Crippen molar-refractivity contribution in [2.45, 2.75) is 26.3 Å². The number of hydrogen-bond donors (Lipinski definition) is 2. The summed E-state index contributed by atoms with van der Waals surface area (Å²) in [4.78, 5) is 35.0. The summed E-state index contributed by atoms with van der Waals surface area (Å²) < 4.78 is 6.53. The third kappa shape index (κ3) is 2.84. The predicted octanol–water partition coefficient (Wildman–Crippen LogP) is 0.421. The standard InChI is InChI=1S/C17H20N8O3/c1-2-25-13-10(17(27)24-5-3-9(4-6-24)15(19)26)7-20-8-11(13)21-16(25)12-14(18)23-28-22-12/h7-9H,2-6H2,1H3,(H2,18,23)(H2,19,26). The molecule has 11 heteroatoms. The normalized spacial score (nSPS) is 15.2. The molecule has 1 aliphatic heterocycles. The van der Waals surface area contributed by atoms with Gasteiger partial charge in [-0.15, -0.1) is 0 Å². The summed E-state index contributed by atoms with van der Waals surface area (Å²) in [6, 6.07) is 0. The zero-order valence-electron chi connectivity index (χ0n) is 15.3. The number of carbonyl (C=O) groups is 2. The lowest BCUT2D eigenvalue weighted by molar-refractivity contribution is -0.123. The molecule has 28 heavy (non-hydrogen) atoms. The number of nitrogen functional groups attached to an aromatic ring is 1. The van der Waals surface area contributed by atoms with E-state index in [2.05, 4.69) is 20.3 Å². The Morgan fingerprint density at radius 2 is 2.00 bits per heavy atom. The molecule has 3 aromatic rings. The predicted molar refractivity (Wildman–Crippen MR) is 98.7 cm³/mol. The lowest BCUT2D eigenvalue weighted by Crippen LogP contribution is -2.41. The molecule has 0 aromatic carbocycles. The number of nitrogens with two attached hydrogens (primary N) is 2. The first-order valence-electron chi connectivity index (χ1n) is 9.02. The molecular weight excluding hydrogens is 364 g/mol. The fraction of sp³-hybridized carbons (Fsp3) is 0.412. The Balaban J connectivity index is 1.74. The highest BCUT2D eigenvalue weighted by molar-refractivity contribution is 6.05. The molecule has 0 saturated carbocycles. The Hall–Kier alpha value is -3.50. The number of primary amides is 1. The van der Waals surface area contributed by atoms with Crippen molar-refractivity contribution in [2.75, 3.05) is 18.8 Å². The van der Waals surface area contributed by atoms with Gasteiger partial charge in [0.05, 0.1) is 17.3 Å². The molecule has 0 atom stereocenters. The van der Waals surface area contributed by atoms with E-state index in [1.165, 1.54) is 6.20 Å². The number of amides is 2. The van der Waals surface area contributed by atoms with Gasteiger partial charge in [0.25, 0.3) is 5.91 Å². The number of aromatic nitrogens is 5. The van der Waals surface area contributed by atoms with Gasteiger partial charge >= 0.3 is 0 Å². The molecule has 0 aliphatic carbocycles. The van der Waals surface area contributed by atoms with Crippen LogP contribution in [0.5, 0.6) is 0 Å². The number of imidazole rings is 1. The number of fused-ring (bicyclic) bond motifs is 1. The monoisotopic (exact) mass is 384 g/mol. The number of nitrogens with zero attached hydrogens (tertiary/aromatic N) is 6. The fourth-order valence-electron chi connectivity index (χ4n) is 3.62. The average molecular weight is 384 g/mol. The van der Waals surface area contributed by atoms with E-state index in [4.69, 9.17) is 16.1 Å². The molecule has 0 radical (unpaired) electrons. The van der Waals surface area contributed by atoms with E-state index < -0.39 is 0 Å². The molecule has 0 spiro atoms. The molecule has 1 aliphatic rings. The highest BCUT2D eigenvalue weighted by atomic mass is 16.6. The summed E-state index contributed by atoms with van der Waals surface area (Å²) in [5, 5.41) is 7.43. The Morgan fingerprint density at radius 1 is 1.25 bits per heavy atom. The molecule has 2 amide bonds. The van der Waals surface area contributed by atoms with E-state index in [9.17, 15) is 9.59 Å². The largest absolute Gasteiger partial charge is 0.379 e. The van der Waals surface area contributed by atoms with Gasteiger partial charge in [-0.2, -0.15) is 0 Å². The van der Waals surface area contributed by atoms with Gasteiger partial charge in [-0.1, -0.05) is 0 Å². The minimum absolute atomic E-state index is 0.124. The second kappa shape index (κ2) is 6.91. The van der Waals surface area contributed by atoms with Gasteiger partial charge in [-0.05, 0) is 30.1 Å². The molecule has 4 N–H and O–H groups in total. The van der Waals surface area contributed by atoms with Crippen LogP contribution in [-0.4, -0.2) is 54.7 Å². The SMILES string of the molecule is CCn1c(-c2nonc2N)nc2cncc(C(=O)N3CCC(C(N)=O)CC3)c21. The van der Waals surface area contributed by atoms with Gasteiger partial charge in [0.2, 0.25) is 5.91 Å². The number of likely N-dealkylation sites (tertiary alicyclic amines) is 1. The zero-order valence-corrected chi connectivity index (χ0v) is 15.3. The van der Waals surface area contributed by atoms with Crippen molar-refractivity contribution in [3.63, 3.8) is 0 Å². The van der Waals surface area contributed by atoms with Crippen molar-refractivity contribution >= 4 is 28.7 Å². The number of pyridine rings is 1. The molecule has 0 bridgehead atoms. The topological polar surface area (TPSA) is 159 Å². The Labute approximate surface area is 159 Å². The smallest absolute Gasteiger partial charge is 0.257 e. The van der Waals surface area contributed by atoms with Gasteiger partial charge in [0.1, 0.15) is 5.52 Å². The maximum absolute atomic E-state index is 13.2. The van der Waals surface area contributed by atoms with Gasteiger partial charge < -0.3 is 20.9 Å². The first-order chi connectivity index (χ1) is 13.5. The van der Waals surface area contributed by atoms with Crippen LogP contribution < -0.4 is 11.5 Å². The summed E-state index contributed by atoms with van der Waals surface area (Å²) in [5.74, 6) is -0.0738. The quantitative estimate of drug-likeness (QED) is 0.654. The molecule has 4 heterocycles. The van der Waals surface area contributed by atoms with Crippen molar-refractivity contribution in [3.8, 4) is 11.5 Å². The molecule has 1 fully saturated rings. The van der Waals surface area contributed by atoms with Crippen molar-refractivity contribution in [2.24, 2.45) is 11.7 Å². The van der Waals surface area contributed by atoms with Crippen LogP contribution in [0.2, 0.25) is 0 Å². The minimum Gasteiger partial charge on any atom is -0.379 e. The Kier molecular flexibility index (Phi) is 4.41. The van der Waals surface area contributed by atoms with E-state index in [0.717, 1.165) is 0 Å². The molecule has 146 valence electrons. The van der Waals surface area contributed by atoms with Crippen LogP contribution in [0.3, 0.4) is 0 Å². The van der Waals surface area contributed by atoms with E-state index >= 15 is 0 Å². The fourth-order valence-corrected chi connectivity index (χ4v) is 3.62. The minimum atomic E-state index is -0.316.